The molecule has 3 aliphatic rings. The van der Waals surface area contributed by atoms with E-state index in [-0.39, 0.29) is 16.9 Å². The van der Waals surface area contributed by atoms with Crippen LogP contribution in [-0.2, 0) is 25.0 Å². The molecule has 0 amide bonds. The molecule has 3 aromatic rings. The molecule has 3 atom stereocenters. The molecule has 1 fully saturated rings. The van der Waals surface area contributed by atoms with Gasteiger partial charge < -0.3 is 10.1 Å². The van der Waals surface area contributed by atoms with E-state index in [4.69, 9.17) is 4.74 Å². The number of hydrogen-bond donors (Lipinski definition) is 1. The van der Waals surface area contributed by atoms with Crippen LogP contribution in [0.2, 0.25) is 0 Å². The predicted octanol–water partition coefficient (Wildman–Crippen LogP) is 2.84. The summed E-state index contributed by atoms with van der Waals surface area (Å²) in [6, 6.07) is 17.1. The van der Waals surface area contributed by atoms with Gasteiger partial charge in [0, 0.05) is 18.0 Å². The van der Waals surface area contributed by atoms with E-state index in [1.165, 1.54) is 11.1 Å². The molecule has 2 aromatic carbocycles. The SMILES string of the molecule is COC(=O)C1(c2cc3ccccc3n2S(=O)(=O)c2ccccc2)CC2C=CC1NC2. The van der Waals surface area contributed by atoms with E-state index in [0.29, 0.717) is 17.6 Å². The van der Waals surface area contributed by atoms with Crippen LogP contribution in [-0.4, -0.2) is 38.1 Å². The van der Waals surface area contributed by atoms with Crippen molar-refractivity contribution < 1.29 is 17.9 Å². The Morgan fingerprint density at radius 3 is 2.47 bits per heavy atom. The summed E-state index contributed by atoms with van der Waals surface area (Å²) in [5, 5.41) is 4.15. The van der Waals surface area contributed by atoms with Gasteiger partial charge in [0.2, 0.25) is 0 Å². The summed E-state index contributed by atoms with van der Waals surface area (Å²) in [7, 11) is -2.59. The van der Waals surface area contributed by atoms with Crippen molar-refractivity contribution in [3.05, 3.63) is 78.5 Å². The summed E-state index contributed by atoms with van der Waals surface area (Å²) in [4.78, 5) is 13.4. The van der Waals surface area contributed by atoms with Gasteiger partial charge in [0.05, 0.1) is 23.2 Å². The molecule has 6 nitrogen and oxygen atoms in total. The molecular weight excluding hydrogens is 400 g/mol. The summed E-state index contributed by atoms with van der Waals surface area (Å²) < 4.78 is 34.2. The summed E-state index contributed by atoms with van der Waals surface area (Å²) in [5.41, 5.74) is -0.149. The average molecular weight is 423 g/mol. The fraction of sp³-hybridized carbons (Fsp3) is 0.261. The zero-order chi connectivity index (χ0) is 20.9. The molecule has 3 heterocycles. The molecule has 1 saturated heterocycles. The Hall–Kier alpha value is -2.90. The van der Waals surface area contributed by atoms with E-state index >= 15 is 0 Å². The molecule has 2 aliphatic heterocycles. The number of benzene rings is 2. The number of para-hydroxylation sites is 1. The largest absolute Gasteiger partial charge is 0.468 e. The molecule has 1 aromatic heterocycles. The maximum atomic E-state index is 13.8. The first-order valence-electron chi connectivity index (χ1n) is 9.90. The predicted molar refractivity (Wildman–Crippen MR) is 114 cm³/mol. The van der Waals surface area contributed by atoms with E-state index in [1.54, 1.807) is 42.5 Å². The highest BCUT2D eigenvalue weighted by Crippen LogP contribution is 2.45. The number of esters is 1. The van der Waals surface area contributed by atoms with Gasteiger partial charge in [-0.2, -0.15) is 0 Å². The van der Waals surface area contributed by atoms with E-state index in [1.807, 2.05) is 24.3 Å². The summed E-state index contributed by atoms with van der Waals surface area (Å²) in [6.07, 6.45) is 4.56. The molecule has 7 heteroatoms. The number of nitrogens with one attached hydrogen (secondary N) is 1. The molecule has 3 unspecified atom stereocenters. The molecule has 0 saturated carbocycles. The van der Waals surface area contributed by atoms with Crippen molar-refractivity contribution in [1.29, 1.82) is 0 Å². The van der Waals surface area contributed by atoms with E-state index < -0.39 is 21.4 Å². The normalized spacial score (nSPS) is 25.5. The van der Waals surface area contributed by atoms with Crippen LogP contribution < -0.4 is 5.32 Å². The van der Waals surface area contributed by atoms with Crippen molar-refractivity contribution in [1.82, 2.24) is 9.29 Å². The number of carbonyl (C=O) groups excluding carboxylic acids is 1. The Morgan fingerprint density at radius 2 is 1.83 bits per heavy atom. The highest BCUT2D eigenvalue weighted by atomic mass is 32.2. The molecule has 1 N–H and O–H groups in total. The van der Waals surface area contributed by atoms with Crippen molar-refractivity contribution in [2.75, 3.05) is 13.7 Å². The first kappa shape index (κ1) is 19.1. The molecule has 6 rings (SSSR count). The smallest absolute Gasteiger partial charge is 0.319 e. The van der Waals surface area contributed by atoms with Gasteiger partial charge in [-0.25, -0.2) is 12.4 Å². The lowest BCUT2D eigenvalue weighted by molar-refractivity contribution is -0.150. The average Bonchev–Trinajstić information content (AvgIpc) is 3.20. The Balaban J connectivity index is 1.85. The first-order valence-corrected chi connectivity index (χ1v) is 11.3. The number of methoxy groups -OCH3 is 1. The maximum Gasteiger partial charge on any atom is 0.319 e. The van der Waals surface area contributed by atoms with Gasteiger partial charge >= 0.3 is 5.97 Å². The minimum absolute atomic E-state index is 0.125. The number of aromatic nitrogens is 1. The summed E-state index contributed by atoms with van der Waals surface area (Å²) in [5.74, 6) is -0.304. The topological polar surface area (TPSA) is 77.4 Å². The summed E-state index contributed by atoms with van der Waals surface area (Å²) >= 11 is 0. The number of fused-ring (bicyclic) bond motifs is 3. The van der Waals surface area contributed by atoms with Crippen molar-refractivity contribution in [2.24, 2.45) is 5.92 Å². The minimum Gasteiger partial charge on any atom is -0.468 e. The molecule has 30 heavy (non-hydrogen) atoms. The standard InChI is InChI=1S/C23H22N2O4S/c1-29-22(26)23(14-16-11-12-20(23)24-15-16)21-13-17-7-5-6-10-19(17)25(21)30(27,28)18-8-3-2-4-9-18/h2-13,16,20,24H,14-15H2,1H3. The molecule has 154 valence electrons. The number of piperidine rings is 1. The Bertz CT molecular complexity index is 1260. The Morgan fingerprint density at radius 1 is 1.10 bits per heavy atom. The zero-order valence-electron chi connectivity index (χ0n) is 16.5. The van der Waals surface area contributed by atoms with Crippen molar-refractivity contribution in [3.8, 4) is 0 Å². The number of ether oxygens (including phenoxy) is 1. The van der Waals surface area contributed by atoms with Crippen LogP contribution in [0.25, 0.3) is 10.9 Å². The van der Waals surface area contributed by atoms with Crippen LogP contribution >= 0.6 is 0 Å². The fourth-order valence-electron chi connectivity index (χ4n) is 4.86. The second-order valence-corrected chi connectivity index (χ2v) is 9.66. The maximum absolute atomic E-state index is 13.8. The Kier molecular flexibility index (Phi) is 4.34. The van der Waals surface area contributed by atoms with Gasteiger partial charge in [-0.15, -0.1) is 0 Å². The zero-order valence-corrected chi connectivity index (χ0v) is 17.3. The van der Waals surface area contributed by atoms with Crippen LogP contribution in [0.4, 0.5) is 0 Å². The lowest BCUT2D eigenvalue weighted by Gasteiger charge is -2.47. The third-order valence-corrected chi connectivity index (χ3v) is 7.99. The summed E-state index contributed by atoms with van der Waals surface area (Å²) in [6.45, 7) is 0.756. The van der Waals surface area contributed by atoms with Gasteiger partial charge in [-0.1, -0.05) is 48.6 Å². The quantitative estimate of drug-likeness (QED) is 0.517. The lowest BCUT2D eigenvalue weighted by atomic mass is 9.65. The highest BCUT2D eigenvalue weighted by molar-refractivity contribution is 7.90. The lowest BCUT2D eigenvalue weighted by Crippen LogP contribution is -2.61. The fourth-order valence-corrected chi connectivity index (χ4v) is 6.47. The number of rotatable bonds is 4. The van der Waals surface area contributed by atoms with Crippen molar-refractivity contribution in [3.63, 3.8) is 0 Å². The van der Waals surface area contributed by atoms with Crippen LogP contribution in [0.15, 0.2) is 77.7 Å². The van der Waals surface area contributed by atoms with Gasteiger partial charge in [0.25, 0.3) is 10.0 Å². The van der Waals surface area contributed by atoms with Crippen LogP contribution in [0.3, 0.4) is 0 Å². The molecule has 1 aliphatic carbocycles. The van der Waals surface area contributed by atoms with Gasteiger partial charge in [-0.3, -0.25) is 4.79 Å². The number of nitrogens with zero attached hydrogens (tertiary/aromatic N) is 1. The third-order valence-electron chi connectivity index (χ3n) is 6.25. The second-order valence-electron chi connectivity index (χ2n) is 7.87. The molecule has 2 bridgehead atoms. The van der Waals surface area contributed by atoms with Crippen molar-refractivity contribution >= 4 is 26.9 Å². The van der Waals surface area contributed by atoms with Gasteiger partial charge in [-0.05, 0) is 36.6 Å². The molecule has 0 radical (unpaired) electrons. The van der Waals surface area contributed by atoms with Crippen molar-refractivity contribution in [2.45, 2.75) is 22.8 Å². The van der Waals surface area contributed by atoms with Gasteiger partial charge in [0.15, 0.2) is 0 Å². The molecule has 0 spiro atoms. The third kappa shape index (κ3) is 2.58. The molecular formula is C23H22N2O4S. The van der Waals surface area contributed by atoms with E-state index in [9.17, 15) is 13.2 Å². The van der Waals surface area contributed by atoms with Gasteiger partial charge in [0.1, 0.15) is 5.41 Å². The van der Waals surface area contributed by atoms with Crippen LogP contribution in [0, 0.1) is 5.92 Å². The van der Waals surface area contributed by atoms with Crippen LogP contribution in [0.5, 0.6) is 0 Å². The van der Waals surface area contributed by atoms with Crippen LogP contribution in [0.1, 0.15) is 12.1 Å². The monoisotopic (exact) mass is 422 g/mol. The minimum atomic E-state index is -3.94. The number of hydrogen-bond acceptors (Lipinski definition) is 5. The first-order chi connectivity index (χ1) is 14.5. The van der Waals surface area contributed by atoms with E-state index in [2.05, 4.69) is 11.4 Å². The second kappa shape index (κ2) is 6.82. The Labute approximate surface area is 175 Å². The van der Waals surface area contributed by atoms with E-state index in [0.717, 1.165) is 11.9 Å². The highest BCUT2D eigenvalue weighted by Gasteiger charge is 2.55. The number of carbonyl (C=O) groups is 1.